The number of benzene rings is 1. The van der Waals surface area contributed by atoms with Crippen molar-refractivity contribution in [3.8, 4) is 0 Å². The monoisotopic (exact) mass is 193 g/mol. The maximum absolute atomic E-state index is 8.88. The van der Waals surface area contributed by atoms with Crippen LogP contribution in [-0.2, 0) is 6.42 Å². The van der Waals surface area contributed by atoms with Crippen molar-refractivity contribution in [3.63, 3.8) is 0 Å². The lowest BCUT2D eigenvalue weighted by Gasteiger charge is -2.10. The summed E-state index contributed by atoms with van der Waals surface area (Å²) < 4.78 is 0. The topological polar surface area (TPSA) is 46.2 Å². The molecule has 0 bridgehead atoms. The molecule has 3 N–H and O–H groups in total. The molecular formula is C12H19NO. The molecule has 1 atom stereocenters. The SMILES string of the molecule is CC(C)Cc1ccc([C@H](N)CO)cc1. The second-order valence-electron chi connectivity index (χ2n) is 4.13. The number of hydrogen-bond acceptors (Lipinski definition) is 2. The van der Waals surface area contributed by atoms with E-state index in [1.165, 1.54) is 5.56 Å². The van der Waals surface area contributed by atoms with Crippen molar-refractivity contribution in [2.45, 2.75) is 26.3 Å². The second kappa shape index (κ2) is 5.13. The zero-order chi connectivity index (χ0) is 10.6. The third-order valence-electron chi connectivity index (χ3n) is 2.25. The van der Waals surface area contributed by atoms with Gasteiger partial charge in [0.2, 0.25) is 0 Å². The van der Waals surface area contributed by atoms with Gasteiger partial charge in [-0.05, 0) is 23.5 Å². The van der Waals surface area contributed by atoms with Gasteiger partial charge in [-0.25, -0.2) is 0 Å². The highest BCUT2D eigenvalue weighted by Crippen LogP contribution is 2.13. The minimum absolute atomic E-state index is 0.00350. The van der Waals surface area contributed by atoms with Gasteiger partial charge in [-0.2, -0.15) is 0 Å². The van der Waals surface area contributed by atoms with Crippen LogP contribution in [0.15, 0.2) is 24.3 Å². The molecule has 0 aliphatic rings. The molecule has 0 saturated carbocycles. The number of aliphatic hydroxyl groups is 1. The predicted molar refractivity (Wildman–Crippen MR) is 59.0 cm³/mol. The van der Waals surface area contributed by atoms with Crippen LogP contribution in [0.2, 0.25) is 0 Å². The lowest BCUT2D eigenvalue weighted by atomic mass is 10.00. The molecule has 0 radical (unpaired) electrons. The fourth-order valence-corrected chi connectivity index (χ4v) is 1.48. The minimum atomic E-state index is -0.247. The normalized spacial score (nSPS) is 13.2. The average Bonchev–Trinajstić information content (AvgIpc) is 2.17. The van der Waals surface area contributed by atoms with Crippen LogP contribution in [0.4, 0.5) is 0 Å². The summed E-state index contributed by atoms with van der Waals surface area (Å²) in [5.41, 5.74) is 8.02. The first-order valence-electron chi connectivity index (χ1n) is 5.08. The van der Waals surface area contributed by atoms with Crippen LogP contribution >= 0.6 is 0 Å². The minimum Gasteiger partial charge on any atom is -0.394 e. The van der Waals surface area contributed by atoms with Crippen molar-refractivity contribution in [1.29, 1.82) is 0 Å². The largest absolute Gasteiger partial charge is 0.394 e. The third kappa shape index (κ3) is 3.13. The molecule has 0 amide bonds. The van der Waals surface area contributed by atoms with Crippen LogP contribution in [0.5, 0.6) is 0 Å². The maximum Gasteiger partial charge on any atom is 0.0624 e. The smallest absolute Gasteiger partial charge is 0.0624 e. The first-order valence-corrected chi connectivity index (χ1v) is 5.08. The summed E-state index contributed by atoms with van der Waals surface area (Å²) in [7, 11) is 0. The van der Waals surface area contributed by atoms with Crippen molar-refractivity contribution >= 4 is 0 Å². The lowest BCUT2D eigenvalue weighted by Crippen LogP contribution is -2.14. The summed E-state index contributed by atoms with van der Waals surface area (Å²) in [4.78, 5) is 0. The molecule has 0 heterocycles. The molecule has 0 aliphatic heterocycles. The van der Waals surface area contributed by atoms with E-state index in [1.807, 2.05) is 12.1 Å². The van der Waals surface area contributed by atoms with Gasteiger partial charge in [-0.15, -0.1) is 0 Å². The van der Waals surface area contributed by atoms with Gasteiger partial charge in [0.1, 0.15) is 0 Å². The first-order chi connectivity index (χ1) is 6.63. The number of rotatable bonds is 4. The average molecular weight is 193 g/mol. The first kappa shape index (κ1) is 11.2. The van der Waals surface area contributed by atoms with Gasteiger partial charge in [-0.1, -0.05) is 38.1 Å². The maximum atomic E-state index is 8.88. The summed E-state index contributed by atoms with van der Waals surface area (Å²) in [6.45, 7) is 4.41. The molecule has 78 valence electrons. The zero-order valence-corrected chi connectivity index (χ0v) is 8.90. The molecule has 1 aromatic carbocycles. The van der Waals surface area contributed by atoms with Gasteiger partial charge < -0.3 is 10.8 Å². The van der Waals surface area contributed by atoms with Crippen molar-refractivity contribution in [2.24, 2.45) is 11.7 Å². The number of hydrogen-bond donors (Lipinski definition) is 2. The summed E-state index contributed by atoms with van der Waals surface area (Å²) in [5.74, 6) is 0.673. The molecular weight excluding hydrogens is 174 g/mol. The molecule has 0 spiro atoms. The van der Waals surface area contributed by atoms with E-state index < -0.39 is 0 Å². The fraction of sp³-hybridized carbons (Fsp3) is 0.500. The lowest BCUT2D eigenvalue weighted by molar-refractivity contribution is 0.268. The summed E-state index contributed by atoms with van der Waals surface area (Å²) in [5, 5.41) is 8.88. The molecule has 0 aromatic heterocycles. The van der Waals surface area contributed by atoms with Gasteiger partial charge >= 0.3 is 0 Å². The molecule has 0 fully saturated rings. The number of nitrogens with two attached hydrogens (primary N) is 1. The zero-order valence-electron chi connectivity index (χ0n) is 8.90. The molecule has 1 rings (SSSR count). The molecule has 0 saturated heterocycles. The van der Waals surface area contributed by atoms with Gasteiger partial charge in [0, 0.05) is 0 Å². The Bertz CT molecular complexity index is 266. The van der Waals surface area contributed by atoms with Crippen LogP contribution in [0.1, 0.15) is 31.0 Å². The second-order valence-corrected chi connectivity index (χ2v) is 4.13. The molecule has 0 unspecified atom stereocenters. The van der Waals surface area contributed by atoms with E-state index >= 15 is 0 Å². The van der Waals surface area contributed by atoms with E-state index in [4.69, 9.17) is 10.8 Å². The van der Waals surface area contributed by atoms with E-state index in [0.29, 0.717) is 5.92 Å². The van der Waals surface area contributed by atoms with E-state index in [2.05, 4.69) is 26.0 Å². The Kier molecular flexibility index (Phi) is 4.11. The Morgan fingerprint density at radius 3 is 2.21 bits per heavy atom. The molecule has 1 aromatic rings. The quantitative estimate of drug-likeness (QED) is 0.767. The summed E-state index contributed by atoms with van der Waals surface area (Å²) >= 11 is 0. The van der Waals surface area contributed by atoms with E-state index in [9.17, 15) is 0 Å². The third-order valence-corrected chi connectivity index (χ3v) is 2.25. The van der Waals surface area contributed by atoms with Crippen LogP contribution < -0.4 is 5.73 Å². The Balaban J connectivity index is 2.68. The van der Waals surface area contributed by atoms with E-state index in [-0.39, 0.29) is 12.6 Å². The summed E-state index contributed by atoms with van der Waals surface area (Å²) in [6.07, 6.45) is 1.09. The van der Waals surface area contributed by atoms with Crippen molar-refractivity contribution in [3.05, 3.63) is 35.4 Å². The van der Waals surface area contributed by atoms with E-state index in [1.54, 1.807) is 0 Å². The van der Waals surface area contributed by atoms with Crippen LogP contribution in [-0.4, -0.2) is 11.7 Å². The van der Waals surface area contributed by atoms with Gasteiger partial charge in [0.25, 0.3) is 0 Å². The Morgan fingerprint density at radius 1 is 1.21 bits per heavy atom. The Labute approximate surface area is 85.8 Å². The Hall–Kier alpha value is -0.860. The standard InChI is InChI=1S/C12H19NO/c1-9(2)7-10-3-5-11(6-4-10)12(13)8-14/h3-6,9,12,14H,7-8,13H2,1-2H3/t12-/m1/s1. The van der Waals surface area contributed by atoms with Crippen LogP contribution in [0.25, 0.3) is 0 Å². The van der Waals surface area contributed by atoms with Gasteiger partial charge in [0.05, 0.1) is 12.6 Å². The van der Waals surface area contributed by atoms with Crippen molar-refractivity contribution in [2.75, 3.05) is 6.61 Å². The Morgan fingerprint density at radius 2 is 1.79 bits per heavy atom. The van der Waals surface area contributed by atoms with Crippen LogP contribution in [0.3, 0.4) is 0 Å². The van der Waals surface area contributed by atoms with Crippen LogP contribution in [0, 0.1) is 5.92 Å². The van der Waals surface area contributed by atoms with Crippen molar-refractivity contribution < 1.29 is 5.11 Å². The number of aliphatic hydroxyl groups excluding tert-OH is 1. The van der Waals surface area contributed by atoms with Crippen molar-refractivity contribution in [1.82, 2.24) is 0 Å². The predicted octanol–water partition coefficient (Wildman–Crippen LogP) is 1.88. The summed E-state index contributed by atoms with van der Waals surface area (Å²) in [6, 6.07) is 7.93. The molecule has 0 aliphatic carbocycles. The molecule has 2 heteroatoms. The van der Waals surface area contributed by atoms with Gasteiger partial charge in [-0.3, -0.25) is 0 Å². The fourth-order valence-electron chi connectivity index (χ4n) is 1.48. The molecule has 14 heavy (non-hydrogen) atoms. The van der Waals surface area contributed by atoms with E-state index in [0.717, 1.165) is 12.0 Å². The molecule has 2 nitrogen and oxygen atoms in total. The highest BCUT2D eigenvalue weighted by atomic mass is 16.3. The highest BCUT2D eigenvalue weighted by Gasteiger charge is 2.04. The van der Waals surface area contributed by atoms with Gasteiger partial charge in [0.15, 0.2) is 0 Å². The highest BCUT2D eigenvalue weighted by molar-refractivity contribution is 5.25.